The Kier molecular flexibility index (Phi) is 3.29. The molecule has 3 N–H and O–H groups in total. The number of hydrogen-bond acceptors (Lipinski definition) is 4. The molecule has 0 aliphatic rings. The Bertz CT molecular complexity index is 398. The van der Waals surface area contributed by atoms with E-state index in [1.165, 1.54) is 12.1 Å². The molecule has 15 heavy (non-hydrogen) atoms. The van der Waals surface area contributed by atoms with Gasteiger partial charge in [-0.05, 0) is 18.2 Å². The second kappa shape index (κ2) is 4.47. The summed E-state index contributed by atoms with van der Waals surface area (Å²) < 4.78 is 0. The molecule has 0 heterocycles. The summed E-state index contributed by atoms with van der Waals surface area (Å²) in [5.41, 5.74) is 5.30. The average Bonchev–Trinajstić information content (AvgIpc) is 2.13. The first kappa shape index (κ1) is 11.1. The molecule has 8 heteroatoms. The zero-order valence-corrected chi connectivity index (χ0v) is 8.14. The second-order valence-electron chi connectivity index (χ2n) is 2.46. The highest BCUT2D eigenvalue weighted by atomic mass is 35.5. The molecule has 0 aliphatic heterocycles. The van der Waals surface area contributed by atoms with Crippen LogP contribution in [-0.2, 0) is 4.94 Å². The van der Waals surface area contributed by atoms with E-state index in [1.54, 1.807) is 12.1 Å². The molecule has 0 saturated carbocycles. The van der Waals surface area contributed by atoms with Crippen molar-refractivity contribution in [1.82, 2.24) is 0 Å². The van der Waals surface area contributed by atoms with Crippen molar-refractivity contribution in [1.29, 1.82) is 5.41 Å². The smallest absolute Gasteiger partial charge is 0.317 e. The van der Waals surface area contributed by atoms with Crippen LogP contribution in [0.25, 0.3) is 0 Å². The Morgan fingerprint density at radius 3 is 2.80 bits per heavy atom. The topological polar surface area (TPSA) is 105 Å². The number of nitrogens with zero attached hydrogens (tertiary/aromatic N) is 2. The summed E-state index contributed by atoms with van der Waals surface area (Å²) in [6.45, 7) is 0. The highest BCUT2D eigenvalue weighted by molar-refractivity contribution is 6.30. The van der Waals surface area contributed by atoms with Gasteiger partial charge in [-0.2, -0.15) is 4.94 Å². The molecule has 0 aliphatic carbocycles. The van der Waals surface area contributed by atoms with Gasteiger partial charge in [-0.3, -0.25) is 5.41 Å². The van der Waals surface area contributed by atoms with Crippen LogP contribution in [0.15, 0.2) is 24.3 Å². The lowest BCUT2D eigenvalue weighted by Crippen LogP contribution is -2.38. The van der Waals surface area contributed by atoms with Crippen LogP contribution in [0.5, 0.6) is 0 Å². The van der Waals surface area contributed by atoms with Crippen molar-refractivity contribution >= 4 is 23.2 Å². The minimum Gasteiger partial charge on any atom is -0.368 e. The number of nitrogens with two attached hydrogens (primary N) is 1. The summed E-state index contributed by atoms with van der Waals surface area (Å²) >= 11 is 5.67. The van der Waals surface area contributed by atoms with E-state index in [9.17, 15) is 10.1 Å². The predicted molar refractivity (Wildman–Crippen MR) is 53.9 cm³/mol. The minimum atomic E-state index is -1.07. The van der Waals surface area contributed by atoms with Crippen LogP contribution >= 0.6 is 11.6 Å². The molecule has 0 radical (unpaired) electrons. The van der Waals surface area contributed by atoms with Gasteiger partial charge in [0, 0.05) is 5.02 Å². The van der Waals surface area contributed by atoms with E-state index in [2.05, 4.69) is 4.94 Å². The van der Waals surface area contributed by atoms with E-state index in [0.29, 0.717) is 10.1 Å². The molecule has 0 aromatic heterocycles. The fourth-order valence-electron chi connectivity index (χ4n) is 0.899. The molecule has 0 amide bonds. The standard InChI is InChI=1S/C7H7ClN4O3/c8-5-2-1-3-6(4-5)11(7(9)10)15-12(13)14/h1-4H,(H3,9,10). The van der Waals surface area contributed by atoms with Gasteiger partial charge in [0.25, 0.3) is 0 Å². The Morgan fingerprint density at radius 1 is 1.67 bits per heavy atom. The maximum atomic E-state index is 10.1. The van der Waals surface area contributed by atoms with Gasteiger partial charge >= 0.3 is 5.09 Å². The number of hydroxylamine groups is 1. The number of rotatable bonds is 3. The number of benzene rings is 1. The number of anilines is 1. The number of hydrogen-bond donors (Lipinski definition) is 2. The van der Waals surface area contributed by atoms with E-state index < -0.39 is 11.0 Å². The maximum absolute atomic E-state index is 10.1. The number of guanidine groups is 1. The van der Waals surface area contributed by atoms with Crippen LogP contribution in [0.1, 0.15) is 0 Å². The molecule has 0 fully saturated rings. The summed E-state index contributed by atoms with van der Waals surface area (Å²) in [5.74, 6) is -0.617. The van der Waals surface area contributed by atoms with Gasteiger partial charge in [0.05, 0.1) is 5.69 Å². The third-order valence-electron chi connectivity index (χ3n) is 1.41. The highest BCUT2D eigenvalue weighted by Crippen LogP contribution is 2.19. The Labute approximate surface area is 89.6 Å². The molecule has 0 unspecified atom stereocenters. The Balaban J connectivity index is 2.98. The summed E-state index contributed by atoms with van der Waals surface area (Å²) in [7, 11) is 0. The van der Waals surface area contributed by atoms with Crippen LogP contribution in [0.2, 0.25) is 5.02 Å². The predicted octanol–water partition coefficient (Wildman–Crippen LogP) is 1.16. The van der Waals surface area contributed by atoms with Gasteiger partial charge in [0.1, 0.15) is 0 Å². The summed E-state index contributed by atoms with van der Waals surface area (Å²) in [6, 6.07) is 5.98. The molecule has 1 rings (SSSR count). The van der Waals surface area contributed by atoms with Crippen molar-refractivity contribution in [3.63, 3.8) is 0 Å². The second-order valence-corrected chi connectivity index (χ2v) is 2.90. The normalized spacial score (nSPS) is 9.40. The fraction of sp³-hybridized carbons (Fsp3) is 0. The first-order valence-corrected chi connectivity index (χ1v) is 4.10. The fourth-order valence-corrected chi connectivity index (χ4v) is 1.08. The van der Waals surface area contributed by atoms with Crippen molar-refractivity contribution in [2.75, 3.05) is 5.06 Å². The van der Waals surface area contributed by atoms with Crippen molar-refractivity contribution in [3.8, 4) is 0 Å². The summed E-state index contributed by atoms with van der Waals surface area (Å²) in [5, 5.41) is 17.0. The average molecular weight is 231 g/mol. The molecule has 7 nitrogen and oxygen atoms in total. The molecule has 0 atom stereocenters. The maximum Gasteiger partial charge on any atom is 0.317 e. The van der Waals surface area contributed by atoms with Crippen LogP contribution in [0, 0.1) is 15.5 Å². The third kappa shape index (κ3) is 2.99. The zero-order chi connectivity index (χ0) is 11.4. The number of halogens is 1. The first-order valence-electron chi connectivity index (χ1n) is 3.73. The van der Waals surface area contributed by atoms with Gasteiger partial charge in [-0.1, -0.05) is 17.7 Å². The summed E-state index contributed by atoms with van der Waals surface area (Å²) in [6.07, 6.45) is 0. The third-order valence-corrected chi connectivity index (χ3v) is 1.64. The van der Waals surface area contributed by atoms with Crippen molar-refractivity contribution in [3.05, 3.63) is 39.4 Å². The van der Waals surface area contributed by atoms with E-state index in [-0.39, 0.29) is 5.69 Å². The monoisotopic (exact) mass is 230 g/mol. The Morgan fingerprint density at radius 2 is 2.33 bits per heavy atom. The zero-order valence-electron chi connectivity index (χ0n) is 7.38. The molecule has 1 aromatic rings. The largest absolute Gasteiger partial charge is 0.368 e. The SMILES string of the molecule is N=C(N)N(O[N+](=O)[O-])c1cccc(Cl)c1. The van der Waals surface area contributed by atoms with Crippen molar-refractivity contribution < 1.29 is 10.0 Å². The quantitative estimate of drug-likeness (QED) is 0.351. The van der Waals surface area contributed by atoms with E-state index in [4.69, 9.17) is 22.7 Å². The lowest BCUT2D eigenvalue weighted by Gasteiger charge is -2.18. The van der Waals surface area contributed by atoms with E-state index in [0.717, 1.165) is 0 Å². The Hall–Kier alpha value is -2.02. The van der Waals surface area contributed by atoms with Crippen molar-refractivity contribution in [2.24, 2.45) is 5.73 Å². The molecule has 0 spiro atoms. The van der Waals surface area contributed by atoms with Gasteiger partial charge in [-0.25, -0.2) is 0 Å². The minimum absolute atomic E-state index is 0.201. The van der Waals surface area contributed by atoms with Gasteiger partial charge < -0.3 is 5.73 Å². The molecule has 1 aromatic carbocycles. The van der Waals surface area contributed by atoms with Crippen LogP contribution in [0.3, 0.4) is 0 Å². The van der Waals surface area contributed by atoms with Gasteiger partial charge in [0.2, 0.25) is 5.96 Å². The molecule has 0 bridgehead atoms. The van der Waals surface area contributed by atoms with Gasteiger partial charge in [-0.15, -0.1) is 15.2 Å². The summed E-state index contributed by atoms with van der Waals surface area (Å²) in [4.78, 5) is 14.2. The van der Waals surface area contributed by atoms with Crippen molar-refractivity contribution in [2.45, 2.75) is 0 Å². The lowest BCUT2D eigenvalue weighted by atomic mass is 10.3. The van der Waals surface area contributed by atoms with Crippen LogP contribution in [-0.4, -0.2) is 11.0 Å². The van der Waals surface area contributed by atoms with Crippen LogP contribution < -0.4 is 10.8 Å². The number of nitrogens with one attached hydrogen (secondary N) is 1. The van der Waals surface area contributed by atoms with Gasteiger partial charge in [0.15, 0.2) is 0 Å². The first-order chi connectivity index (χ1) is 7.00. The molecular formula is C7H7ClN4O3. The lowest BCUT2D eigenvalue weighted by molar-refractivity contribution is -0.758. The van der Waals surface area contributed by atoms with E-state index in [1.807, 2.05) is 0 Å². The molecule has 0 saturated heterocycles. The van der Waals surface area contributed by atoms with Crippen LogP contribution in [0.4, 0.5) is 5.69 Å². The highest BCUT2D eigenvalue weighted by Gasteiger charge is 2.14. The van der Waals surface area contributed by atoms with E-state index >= 15 is 0 Å². The molecule has 80 valence electrons. The molecular weight excluding hydrogens is 224 g/mol.